The first-order chi connectivity index (χ1) is 7.43. The zero-order chi connectivity index (χ0) is 12.6. The third-order valence-corrected chi connectivity index (χ3v) is 2.81. The van der Waals surface area contributed by atoms with Crippen LogP contribution >= 0.6 is 0 Å². The summed E-state index contributed by atoms with van der Waals surface area (Å²) in [4.78, 5) is 10.4. The summed E-state index contributed by atoms with van der Waals surface area (Å²) in [7, 11) is 0. The van der Waals surface area contributed by atoms with E-state index < -0.39 is 22.3 Å². The molecule has 0 amide bonds. The fourth-order valence-electron chi connectivity index (χ4n) is 0.870. The molecular weight excluding hydrogens is 231 g/mol. The highest BCUT2D eigenvalue weighted by Gasteiger charge is 2.12. The van der Waals surface area contributed by atoms with Gasteiger partial charge in [-0.3, -0.25) is 4.79 Å². The van der Waals surface area contributed by atoms with Crippen molar-refractivity contribution in [3.8, 4) is 0 Å². The number of esters is 1. The molecule has 0 saturated carbocycles. The fraction of sp³-hybridized carbons (Fsp3) is 0.545. The molecule has 0 spiro atoms. The molecule has 0 aromatic rings. The predicted octanol–water partition coefficient (Wildman–Crippen LogP) is 2.47. The Morgan fingerprint density at radius 3 is 2.50 bits per heavy atom. The van der Waals surface area contributed by atoms with Crippen molar-refractivity contribution in [1.29, 1.82) is 0 Å². The minimum Gasteiger partial charge on any atom is -0.610 e. The van der Waals surface area contributed by atoms with Gasteiger partial charge in [-0.1, -0.05) is 11.6 Å². The molecule has 1 atom stereocenters. The van der Waals surface area contributed by atoms with E-state index in [1.54, 1.807) is 0 Å². The predicted molar refractivity (Wildman–Crippen MR) is 62.9 cm³/mol. The molecule has 3 nitrogen and oxygen atoms in total. The number of carbonyl (C=O) groups excluding carboxylic acids is 1. The van der Waals surface area contributed by atoms with E-state index in [0.29, 0.717) is 6.42 Å². The van der Waals surface area contributed by atoms with Crippen LogP contribution in [0.5, 0.6) is 0 Å². The topological polar surface area (TPSA) is 49.4 Å². The Morgan fingerprint density at radius 2 is 2.00 bits per heavy atom. The molecule has 0 N–H and O–H groups in total. The molecule has 5 heteroatoms. The smallest absolute Gasteiger partial charge is 0.302 e. The van der Waals surface area contributed by atoms with Crippen LogP contribution in [0.3, 0.4) is 0 Å². The maximum Gasteiger partial charge on any atom is 0.302 e. The summed E-state index contributed by atoms with van der Waals surface area (Å²) in [6.07, 6.45) is 3.50. The Kier molecular flexibility index (Phi) is 7.93. The monoisotopic (exact) mass is 248 g/mol. The van der Waals surface area contributed by atoms with Gasteiger partial charge in [0.05, 0.1) is 0 Å². The summed E-state index contributed by atoms with van der Waals surface area (Å²) in [5.74, 6) is -0.243. The highest BCUT2D eigenvalue weighted by Crippen LogP contribution is 2.11. The van der Waals surface area contributed by atoms with Gasteiger partial charge in [0.15, 0.2) is 0 Å². The molecule has 0 rings (SSSR count). The normalized spacial score (nSPS) is 13.2. The van der Waals surface area contributed by atoms with Gasteiger partial charge in [-0.25, -0.2) is 0 Å². The second-order valence-electron chi connectivity index (χ2n) is 3.43. The Morgan fingerprint density at radius 1 is 1.38 bits per heavy atom. The van der Waals surface area contributed by atoms with Crippen LogP contribution in [-0.2, 0) is 20.7 Å². The van der Waals surface area contributed by atoms with Crippen molar-refractivity contribution >= 4 is 17.1 Å². The van der Waals surface area contributed by atoms with Gasteiger partial charge in [0.25, 0.3) is 5.16 Å². The molecule has 0 radical (unpaired) electrons. The largest absolute Gasteiger partial charge is 0.610 e. The van der Waals surface area contributed by atoms with E-state index >= 15 is 0 Å². The summed E-state index contributed by atoms with van der Waals surface area (Å²) in [6.45, 7) is 4.92. The molecule has 0 aromatic carbocycles. The summed E-state index contributed by atoms with van der Waals surface area (Å²) in [5.41, 5.74) is 1.11. The quantitative estimate of drug-likeness (QED) is 0.412. The minimum absolute atomic E-state index is 0.171. The molecule has 0 bridgehead atoms. The lowest BCUT2D eigenvalue weighted by Crippen LogP contribution is -2.07. The van der Waals surface area contributed by atoms with Crippen molar-refractivity contribution in [3.63, 3.8) is 0 Å². The van der Waals surface area contributed by atoms with E-state index in [2.05, 4.69) is 4.74 Å². The lowest BCUT2D eigenvalue weighted by Gasteiger charge is -2.06. The van der Waals surface area contributed by atoms with Crippen LogP contribution in [0, 0.1) is 0 Å². The highest BCUT2D eigenvalue weighted by atomic mass is 32.2. The standard InChI is InChI=1S/C11H17FO3S/c1-9(2)5-4-8-16(14)11(12)6-7-15-10(3)13/h5-6H,4,7-8H2,1-3H3/b11-6+. The van der Waals surface area contributed by atoms with E-state index in [1.165, 1.54) is 6.92 Å². The van der Waals surface area contributed by atoms with Gasteiger partial charge < -0.3 is 9.29 Å². The molecule has 0 saturated heterocycles. The van der Waals surface area contributed by atoms with Crippen molar-refractivity contribution < 1.29 is 18.5 Å². The average molecular weight is 248 g/mol. The van der Waals surface area contributed by atoms with Crippen molar-refractivity contribution in [2.75, 3.05) is 12.4 Å². The zero-order valence-electron chi connectivity index (χ0n) is 9.79. The lowest BCUT2D eigenvalue weighted by molar-refractivity contribution is -0.139. The summed E-state index contributed by atoms with van der Waals surface area (Å²) < 4.78 is 28.9. The van der Waals surface area contributed by atoms with Gasteiger partial charge in [0.2, 0.25) is 0 Å². The number of halogens is 1. The molecular formula is C11H17FO3S. The first-order valence-electron chi connectivity index (χ1n) is 4.94. The van der Waals surface area contributed by atoms with Crippen LogP contribution in [-0.4, -0.2) is 22.9 Å². The second kappa shape index (κ2) is 8.35. The Labute approximate surface area is 98.5 Å². The summed E-state index contributed by atoms with van der Waals surface area (Å²) in [6, 6.07) is 0. The Hall–Kier alpha value is -0.810. The first-order valence-corrected chi connectivity index (χ1v) is 6.26. The molecule has 0 fully saturated rings. The van der Waals surface area contributed by atoms with E-state index in [0.717, 1.165) is 11.6 Å². The minimum atomic E-state index is -1.64. The van der Waals surface area contributed by atoms with Gasteiger partial charge in [0, 0.05) is 30.6 Å². The molecule has 1 unspecified atom stereocenters. The van der Waals surface area contributed by atoms with Gasteiger partial charge in [0.1, 0.15) is 12.4 Å². The van der Waals surface area contributed by atoms with Crippen molar-refractivity contribution in [3.05, 3.63) is 22.9 Å². The number of hydrogen-bond acceptors (Lipinski definition) is 3. The molecule has 92 valence electrons. The third kappa shape index (κ3) is 8.49. The number of carbonyl (C=O) groups is 1. The van der Waals surface area contributed by atoms with Crippen LogP contribution in [0.1, 0.15) is 27.2 Å². The Balaban J connectivity index is 3.92. The number of ether oxygens (including phenoxy) is 1. The number of hydrogen-bond donors (Lipinski definition) is 0. The van der Waals surface area contributed by atoms with Gasteiger partial charge in [-0.05, 0) is 13.8 Å². The van der Waals surface area contributed by atoms with Crippen molar-refractivity contribution in [2.45, 2.75) is 27.2 Å². The van der Waals surface area contributed by atoms with Crippen LogP contribution in [0.2, 0.25) is 0 Å². The van der Waals surface area contributed by atoms with Crippen LogP contribution in [0.25, 0.3) is 0 Å². The molecule has 16 heavy (non-hydrogen) atoms. The molecule has 0 aliphatic carbocycles. The van der Waals surface area contributed by atoms with Crippen molar-refractivity contribution in [2.24, 2.45) is 0 Å². The van der Waals surface area contributed by atoms with Gasteiger partial charge in [-0.15, -0.1) is 0 Å². The molecule has 0 aliphatic rings. The lowest BCUT2D eigenvalue weighted by atomic mass is 10.3. The SMILES string of the molecule is CC(=O)OC/C=C(\F)[S+]([O-])CCC=C(C)C. The molecule has 0 aromatic heterocycles. The zero-order valence-corrected chi connectivity index (χ0v) is 10.6. The summed E-state index contributed by atoms with van der Waals surface area (Å²) in [5, 5.41) is -0.733. The number of allylic oxidation sites excluding steroid dienone is 2. The van der Waals surface area contributed by atoms with Gasteiger partial charge in [-0.2, -0.15) is 4.39 Å². The molecule has 0 aliphatic heterocycles. The van der Waals surface area contributed by atoms with Crippen LogP contribution in [0.15, 0.2) is 22.9 Å². The van der Waals surface area contributed by atoms with Crippen molar-refractivity contribution in [1.82, 2.24) is 0 Å². The van der Waals surface area contributed by atoms with Crippen LogP contribution in [0.4, 0.5) is 4.39 Å². The average Bonchev–Trinajstić information content (AvgIpc) is 2.16. The van der Waals surface area contributed by atoms with E-state index in [9.17, 15) is 13.7 Å². The fourth-order valence-corrected chi connectivity index (χ4v) is 1.65. The van der Waals surface area contributed by atoms with Crippen LogP contribution < -0.4 is 0 Å². The maximum absolute atomic E-state index is 13.1. The Bertz CT molecular complexity index is 283. The van der Waals surface area contributed by atoms with E-state index in [4.69, 9.17) is 0 Å². The third-order valence-electron chi connectivity index (χ3n) is 1.60. The highest BCUT2D eigenvalue weighted by molar-refractivity contribution is 7.95. The molecule has 0 heterocycles. The van der Waals surface area contributed by atoms with Gasteiger partial charge >= 0.3 is 5.97 Å². The summed E-state index contributed by atoms with van der Waals surface area (Å²) >= 11 is -1.64. The maximum atomic E-state index is 13.1. The first kappa shape index (κ1) is 15.2. The number of rotatable bonds is 6. The van der Waals surface area contributed by atoms with E-state index in [1.807, 2.05) is 19.9 Å². The second-order valence-corrected chi connectivity index (χ2v) is 4.92. The van der Waals surface area contributed by atoms with E-state index in [-0.39, 0.29) is 12.4 Å².